The number of carboxylic acids is 2. The van der Waals surface area contributed by atoms with E-state index in [1.165, 1.54) is 6.07 Å². The van der Waals surface area contributed by atoms with Crippen LogP contribution >= 0.6 is 0 Å². The predicted molar refractivity (Wildman–Crippen MR) is 92.1 cm³/mol. The molecular formula is C18H12O7S. The van der Waals surface area contributed by atoms with E-state index in [9.17, 15) is 18.0 Å². The van der Waals surface area contributed by atoms with Gasteiger partial charge in [-0.15, -0.1) is 0 Å². The standard InChI is InChI=1S/C18H12O7S/c19-17(20)14-9-8-12(10-15(14)18(21)22)26(23,24)25-16-7-3-5-11-4-1-2-6-13(11)16/h1-10H,(H,19,20)(H,21,22). The van der Waals surface area contributed by atoms with E-state index in [-0.39, 0.29) is 5.75 Å². The number of aromatic carboxylic acids is 2. The monoisotopic (exact) mass is 372 g/mol. The summed E-state index contributed by atoms with van der Waals surface area (Å²) < 4.78 is 30.2. The minimum Gasteiger partial charge on any atom is -0.478 e. The van der Waals surface area contributed by atoms with E-state index in [1.807, 2.05) is 0 Å². The highest BCUT2D eigenvalue weighted by Gasteiger charge is 2.23. The fourth-order valence-corrected chi connectivity index (χ4v) is 3.45. The lowest BCUT2D eigenvalue weighted by atomic mass is 10.1. The molecule has 0 unspecified atom stereocenters. The topological polar surface area (TPSA) is 118 Å². The molecule has 0 aliphatic heterocycles. The fourth-order valence-electron chi connectivity index (χ4n) is 2.48. The lowest BCUT2D eigenvalue weighted by Crippen LogP contribution is -2.14. The third kappa shape index (κ3) is 3.22. The van der Waals surface area contributed by atoms with Crippen LogP contribution in [0.5, 0.6) is 5.75 Å². The van der Waals surface area contributed by atoms with Gasteiger partial charge in [0.25, 0.3) is 0 Å². The Hall–Kier alpha value is -3.39. The van der Waals surface area contributed by atoms with Crippen molar-refractivity contribution >= 4 is 32.8 Å². The maximum Gasteiger partial charge on any atom is 0.339 e. The van der Waals surface area contributed by atoms with E-state index in [4.69, 9.17) is 14.4 Å². The molecule has 7 nitrogen and oxygen atoms in total. The maximum atomic E-state index is 12.5. The second kappa shape index (κ2) is 6.49. The molecule has 8 heteroatoms. The molecule has 3 aromatic carbocycles. The van der Waals surface area contributed by atoms with Gasteiger partial charge in [-0.1, -0.05) is 36.4 Å². The van der Waals surface area contributed by atoms with Crippen molar-refractivity contribution in [1.29, 1.82) is 0 Å². The Bertz CT molecular complexity index is 1130. The molecule has 0 radical (unpaired) electrons. The van der Waals surface area contributed by atoms with Crippen molar-refractivity contribution in [2.24, 2.45) is 0 Å². The van der Waals surface area contributed by atoms with Crippen LogP contribution in [-0.2, 0) is 10.1 Å². The van der Waals surface area contributed by atoms with Crippen molar-refractivity contribution in [2.75, 3.05) is 0 Å². The van der Waals surface area contributed by atoms with Crippen molar-refractivity contribution < 1.29 is 32.4 Å². The third-order valence-corrected chi connectivity index (χ3v) is 4.92. The van der Waals surface area contributed by atoms with Crippen molar-refractivity contribution in [3.63, 3.8) is 0 Å². The first-order valence-corrected chi connectivity index (χ1v) is 8.73. The minimum absolute atomic E-state index is 0.0855. The molecule has 0 saturated heterocycles. The van der Waals surface area contributed by atoms with Crippen LogP contribution in [0.15, 0.2) is 65.6 Å². The summed E-state index contributed by atoms with van der Waals surface area (Å²) in [7, 11) is -4.36. The van der Waals surface area contributed by atoms with E-state index in [2.05, 4.69) is 0 Å². The third-order valence-electron chi connectivity index (χ3n) is 3.69. The fraction of sp³-hybridized carbons (Fsp3) is 0. The first kappa shape index (κ1) is 17.4. The molecule has 3 rings (SSSR count). The number of hydrogen-bond acceptors (Lipinski definition) is 5. The summed E-state index contributed by atoms with van der Waals surface area (Å²) in [4.78, 5) is 21.9. The van der Waals surface area contributed by atoms with Gasteiger partial charge >= 0.3 is 22.1 Å². The van der Waals surface area contributed by atoms with E-state index in [0.29, 0.717) is 5.39 Å². The molecule has 2 N–H and O–H groups in total. The first-order valence-electron chi connectivity index (χ1n) is 7.32. The SMILES string of the molecule is O=C(O)c1ccc(S(=O)(=O)Oc2cccc3ccccc23)cc1C(=O)O. The van der Waals surface area contributed by atoms with Crippen molar-refractivity contribution in [2.45, 2.75) is 4.90 Å². The second-order valence-electron chi connectivity index (χ2n) is 5.33. The van der Waals surface area contributed by atoms with Crippen LogP contribution in [-0.4, -0.2) is 30.6 Å². The molecule has 0 bridgehead atoms. The second-order valence-corrected chi connectivity index (χ2v) is 6.88. The largest absolute Gasteiger partial charge is 0.478 e. The average molecular weight is 372 g/mol. The van der Waals surface area contributed by atoms with E-state index in [0.717, 1.165) is 23.6 Å². The summed E-state index contributed by atoms with van der Waals surface area (Å²) >= 11 is 0. The van der Waals surface area contributed by atoms with E-state index >= 15 is 0 Å². The van der Waals surface area contributed by atoms with Gasteiger partial charge in [0.15, 0.2) is 5.75 Å². The van der Waals surface area contributed by atoms with Crippen LogP contribution in [0.2, 0.25) is 0 Å². The molecule has 0 amide bonds. The summed E-state index contributed by atoms with van der Waals surface area (Å²) in [6.07, 6.45) is 0. The van der Waals surface area contributed by atoms with Gasteiger partial charge in [0.1, 0.15) is 4.90 Å². The van der Waals surface area contributed by atoms with Gasteiger partial charge in [-0.25, -0.2) is 9.59 Å². The summed E-state index contributed by atoms with van der Waals surface area (Å²) in [5, 5.41) is 19.5. The van der Waals surface area contributed by atoms with E-state index in [1.54, 1.807) is 36.4 Å². The number of carbonyl (C=O) groups is 2. The molecular weight excluding hydrogens is 360 g/mol. The molecule has 0 fully saturated rings. The summed E-state index contributed by atoms with van der Waals surface area (Å²) in [6, 6.07) is 14.6. The van der Waals surface area contributed by atoms with Crippen LogP contribution in [0.3, 0.4) is 0 Å². The lowest BCUT2D eigenvalue weighted by Gasteiger charge is -2.11. The number of carboxylic acid groups (broad SMARTS) is 2. The zero-order chi connectivity index (χ0) is 18.9. The summed E-state index contributed by atoms with van der Waals surface area (Å²) in [5.74, 6) is -2.94. The van der Waals surface area contributed by atoms with Crippen molar-refractivity contribution in [3.05, 3.63) is 71.8 Å². The molecule has 0 spiro atoms. The molecule has 0 atom stereocenters. The average Bonchev–Trinajstić information content (AvgIpc) is 2.61. The highest BCUT2D eigenvalue weighted by molar-refractivity contribution is 7.87. The number of rotatable bonds is 5. The number of benzene rings is 3. The molecule has 132 valence electrons. The van der Waals surface area contributed by atoms with Gasteiger partial charge < -0.3 is 14.4 Å². The smallest absolute Gasteiger partial charge is 0.339 e. The van der Waals surface area contributed by atoms with Crippen LogP contribution in [0.4, 0.5) is 0 Å². The number of fused-ring (bicyclic) bond motifs is 1. The molecule has 0 aromatic heterocycles. The van der Waals surface area contributed by atoms with Gasteiger partial charge in [0.05, 0.1) is 11.1 Å². The number of hydrogen-bond donors (Lipinski definition) is 2. The van der Waals surface area contributed by atoms with Gasteiger partial charge in [-0.05, 0) is 29.7 Å². The molecule has 26 heavy (non-hydrogen) atoms. The Kier molecular flexibility index (Phi) is 4.35. The summed E-state index contributed by atoms with van der Waals surface area (Å²) in [5.41, 5.74) is -1.15. The molecule has 0 saturated carbocycles. The van der Waals surface area contributed by atoms with E-state index < -0.39 is 38.1 Å². The first-order chi connectivity index (χ1) is 12.3. The molecule has 3 aromatic rings. The van der Waals surface area contributed by atoms with Gasteiger partial charge in [-0.2, -0.15) is 8.42 Å². The Balaban J connectivity index is 2.07. The van der Waals surface area contributed by atoms with Gasteiger partial charge in [0, 0.05) is 5.39 Å². The summed E-state index contributed by atoms with van der Waals surface area (Å²) in [6.45, 7) is 0. The highest BCUT2D eigenvalue weighted by Crippen LogP contribution is 2.28. The zero-order valence-electron chi connectivity index (χ0n) is 13.1. The quantitative estimate of drug-likeness (QED) is 0.661. The lowest BCUT2D eigenvalue weighted by molar-refractivity contribution is 0.0651. The van der Waals surface area contributed by atoms with Gasteiger partial charge in [-0.3, -0.25) is 0 Å². The molecule has 0 aliphatic carbocycles. The minimum atomic E-state index is -4.36. The Morgan fingerprint density at radius 1 is 0.808 bits per heavy atom. The zero-order valence-corrected chi connectivity index (χ0v) is 13.9. The molecule has 0 heterocycles. The van der Waals surface area contributed by atoms with Gasteiger partial charge in [0.2, 0.25) is 0 Å². The predicted octanol–water partition coefficient (Wildman–Crippen LogP) is 3.00. The maximum absolute atomic E-state index is 12.5. The normalized spacial score (nSPS) is 11.2. The van der Waals surface area contributed by atoms with Crippen molar-refractivity contribution in [3.8, 4) is 5.75 Å². The Morgan fingerprint density at radius 2 is 1.46 bits per heavy atom. The van der Waals surface area contributed by atoms with Crippen LogP contribution in [0, 0.1) is 0 Å². The highest BCUT2D eigenvalue weighted by atomic mass is 32.2. The van der Waals surface area contributed by atoms with Crippen molar-refractivity contribution in [1.82, 2.24) is 0 Å². The van der Waals surface area contributed by atoms with Crippen LogP contribution in [0.25, 0.3) is 10.8 Å². The van der Waals surface area contributed by atoms with Crippen LogP contribution in [0.1, 0.15) is 20.7 Å². The van der Waals surface area contributed by atoms with Crippen LogP contribution < -0.4 is 4.18 Å². The Morgan fingerprint density at radius 3 is 2.15 bits per heavy atom. The molecule has 0 aliphatic rings. The Labute approximate surface area is 148 Å².